The van der Waals surface area contributed by atoms with E-state index in [1.807, 2.05) is 17.1 Å². The Morgan fingerprint density at radius 2 is 2.21 bits per heavy atom. The summed E-state index contributed by atoms with van der Waals surface area (Å²) in [6.07, 6.45) is 4.56. The number of aliphatic hydroxyl groups excluding tert-OH is 1. The summed E-state index contributed by atoms with van der Waals surface area (Å²) in [5.74, 6) is 0. The van der Waals surface area contributed by atoms with Gasteiger partial charge in [0.1, 0.15) is 0 Å². The molecule has 1 aromatic heterocycles. The van der Waals surface area contributed by atoms with Gasteiger partial charge in [0.15, 0.2) is 0 Å². The molecule has 14 heavy (non-hydrogen) atoms. The molecule has 0 radical (unpaired) electrons. The minimum atomic E-state index is 0.0247. The summed E-state index contributed by atoms with van der Waals surface area (Å²) in [4.78, 5) is 0. The molecule has 0 aliphatic carbocycles. The Kier molecular flexibility index (Phi) is 3.52. The monoisotopic (exact) mass is 197 g/mol. The number of hydrogen-bond donors (Lipinski definition) is 2. The highest BCUT2D eigenvalue weighted by Gasteiger charge is 2.13. The van der Waals surface area contributed by atoms with Crippen LogP contribution in [0.15, 0.2) is 12.4 Å². The van der Waals surface area contributed by atoms with Crippen LogP contribution in [-0.4, -0.2) is 28.0 Å². The van der Waals surface area contributed by atoms with Gasteiger partial charge in [-0.2, -0.15) is 5.10 Å². The predicted molar refractivity (Wildman–Crippen MR) is 57.4 cm³/mol. The zero-order chi connectivity index (χ0) is 10.6. The van der Waals surface area contributed by atoms with E-state index in [-0.39, 0.29) is 12.1 Å². The smallest absolute Gasteiger partial charge is 0.0726 e. The summed E-state index contributed by atoms with van der Waals surface area (Å²) >= 11 is 0. The average Bonchev–Trinajstić information content (AvgIpc) is 2.52. The van der Waals surface area contributed by atoms with Crippen LogP contribution >= 0.6 is 0 Å². The van der Waals surface area contributed by atoms with Gasteiger partial charge in [-0.15, -0.1) is 0 Å². The van der Waals surface area contributed by atoms with Crippen molar-refractivity contribution in [2.24, 2.45) is 0 Å². The standard InChI is InChI=1S/C10H19N3O/c1-10(2,3)13-8-9(7-12-13)11-5-4-6-14/h7-8,11,14H,4-6H2,1-3H3. The van der Waals surface area contributed by atoms with Crippen molar-refractivity contribution in [1.82, 2.24) is 9.78 Å². The van der Waals surface area contributed by atoms with Gasteiger partial charge < -0.3 is 10.4 Å². The Morgan fingerprint density at radius 1 is 1.50 bits per heavy atom. The third-order valence-corrected chi connectivity index (χ3v) is 1.93. The summed E-state index contributed by atoms with van der Waals surface area (Å²) in [7, 11) is 0. The fraction of sp³-hybridized carbons (Fsp3) is 0.700. The number of rotatable bonds is 4. The molecule has 0 amide bonds. The first kappa shape index (κ1) is 11.0. The number of aliphatic hydroxyl groups is 1. The van der Waals surface area contributed by atoms with Gasteiger partial charge in [-0.1, -0.05) is 0 Å². The summed E-state index contributed by atoms with van der Waals surface area (Å²) in [6, 6.07) is 0. The molecule has 1 rings (SSSR count). The molecule has 0 aromatic carbocycles. The molecule has 4 heteroatoms. The number of nitrogens with one attached hydrogen (secondary N) is 1. The second-order valence-electron chi connectivity index (χ2n) is 4.35. The van der Waals surface area contributed by atoms with Crippen LogP contribution in [-0.2, 0) is 5.54 Å². The molecule has 0 aliphatic heterocycles. The molecule has 0 bridgehead atoms. The Balaban J connectivity index is 2.51. The molecule has 0 saturated carbocycles. The van der Waals surface area contributed by atoms with Crippen LogP contribution in [0.3, 0.4) is 0 Å². The topological polar surface area (TPSA) is 50.1 Å². The zero-order valence-electron chi connectivity index (χ0n) is 9.12. The van der Waals surface area contributed by atoms with Crippen LogP contribution in [0.2, 0.25) is 0 Å². The SMILES string of the molecule is CC(C)(C)n1cc(NCCCO)cn1. The van der Waals surface area contributed by atoms with Crippen molar-refractivity contribution in [3.63, 3.8) is 0 Å². The Hall–Kier alpha value is -1.03. The third kappa shape index (κ3) is 3.03. The maximum Gasteiger partial charge on any atom is 0.0726 e. The average molecular weight is 197 g/mol. The molecular weight excluding hydrogens is 178 g/mol. The van der Waals surface area contributed by atoms with Gasteiger partial charge in [0.05, 0.1) is 17.4 Å². The second kappa shape index (κ2) is 4.46. The molecule has 0 unspecified atom stereocenters. The zero-order valence-corrected chi connectivity index (χ0v) is 9.12. The lowest BCUT2D eigenvalue weighted by Crippen LogP contribution is -2.21. The normalized spacial score (nSPS) is 11.7. The molecule has 0 fully saturated rings. The van der Waals surface area contributed by atoms with E-state index in [0.717, 1.165) is 18.7 Å². The lowest BCUT2D eigenvalue weighted by atomic mass is 10.1. The molecule has 0 spiro atoms. The summed E-state index contributed by atoms with van der Waals surface area (Å²) < 4.78 is 1.92. The van der Waals surface area contributed by atoms with Crippen LogP contribution in [0, 0.1) is 0 Å². The molecule has 0 atom stereocenters. The van der Waals surface area contributed by atoms with Crippen LogP contribution < -0.4 is 5.32 Å². The van der Waals surface area contributed by atoms with E-state index in [0.29, 0.717) is 0 Å². The fourth-order valence-corrected chi connectivity index (χ4v) is 1.09. The van der Waals surface area contributed by atoms with Crippen molar-refractivity contribution in [2.45, 2.75) is 32.7 Å². The molecule has 0 saturated heterocycles. The molecule has 4 nitrogen and oxygen atoms in total. The fourth-order valence-electron chi connectivity index (χ4n) is 1.09. The minimum absolute atomic E-state index is 0.0247. The van der Waals surface area contributed by atoms with Gasteiger partial charge in [0.2, 0.25) is 0 Å². The highest BCUT2D eigenvalue weighted by atomic mass is 16.3. The van der Waals surface area contributed by atoms with Gasteiger partial charge in [-0.3, -0.25) is 4.68 Å². The maximum absolute atomic E-state index is 8.62. The lowest BCUT2D eigenvalue weighted by molar-refractivity contribution is 0.292. The number of aromatic nitrogens is 2. The van der Waals surface area contributed by atoms with E-state index >= 15 is 0 Å². The summed E-state index contributed by atoms with van der Waals surface area (Å²) in [5, 5.41) is 16.1. The van der Waals surface area contributed by atoms with E-state index in [1.165, 1.54) is 0 Å². The Labute approximate surface area is 84.9 Å². The summed E-state index contributed by atoms with van der Waals surface area (Å²) in [6.45, 7) is 7.33. The van der Waals surface area contributed by atoms with Crippen LogP contribution in [0.5, 0.6) is 0 Å². The van der Waals surface area contributed by atoms with Crippen molar-refractivity contribution in [3.05, 3.63) is 12.4 Å². The molecule has 80 valence electrons. The van der Waals surface area contributed by atoms with E-state index < -0.39 is 0 Å². The van der Waals surface area contributed by atoms with Crippen molar-refractivity contribution < 1.29 is 5.11 Å². The number of anilines is 1. The Morgan fingerprint density at radius 3 is 2.71 bits per heavy atom. The van der Waals surface area contributed by atoms with E-state index in [2.05, 4.69) is 31.2 Å². The first-order valence-corrected chi connectivity index (χ1v) is 4.94. The minimum Gasteiger partial charge on any atom is -0.396 e. The van der Waals surface area contributed by atoms with Crippen molar-refractivity contribution in [1.29, 1.82) is 0 Å². The largest absolute Gasteiger partial charge is 0.396 e. The molecule has 1 heterocycles. The highest BCUT2D eigenvalue weighted by molar-refractivity contribution is 5.38. The van der Waals surface area contributed by atoms with Gasteiger partial charge in [-0.05, 0) is 27.2 Å². The van der Waals surface area contributed by atoms with Gasteiger partial charge in [-0.25, -0.2) is 0 Å². The van der Waals surface area contributed by atoms with E-state index in [1.54, 1.807) is 0 Å². The third-order valence-electron chi connectivity index (χ3n) is 1.93. The second-order valence-corrected chi connectivity index (χ2v) is 4.35. The first-order valence-electron chi connectivity index (χ1n) is 4.94. The molecular formula is C10H19N3O. The maximum atomic E-state index is 8.62. The summed E-state index contributed by atoms with van der Waals surface area (Å²) in [5.41, 5.74) is 1.03. The van der Waals surface area contributed by atoms with Crippen LogP contribution in [0.25, 0.3) is 0 Å². The van der Waals surface area contributed by atoms with Crippen molar-refractivity contribution >= 4 is 5.69 Å². The van der Waals surface area contributed by atoms with Crippen LogP contribution in [0.4, 0.5) is 5.69 Å². The highest BCUT2D eigenvalue weighted by Crippen LogP contribution is 2.15. The van der Waals surface area contributed by atoms with Crippen molar-refractivity contribution in [3.8, 4) is 0 Å². The first-order chi connectivity index (χ1) is 6.54. The Bertz CT molecular complexity index is 275. The lowest BCUT2D eigenvalue weighted by Gasteiger charge is -2.18. The van der Waals surface area contributed by atoms with Crippen LogP contribution in [0.1, 0.15) is 27.2 Å². The molecule has 0 aliphatic rings. The van der Waals surface area contributed by atoms with Gasteiger partial charge >= 0.3 is 0 Å². The van der Waals surface area contributed by atoms with Crippen molar-refractivity contribution in [2.75, 3.05) is 18.5 Å². The van der Waals surface area contributed by atoms with E-state index in [9.17, 15) is 0 Å². The predicted octanol–water partition coefficient (Wildman–Crippen LogP) is 1.43. The molecule has 1 aromatic rings. The number of hydrogen-bond acceptors (Lipinski definition) is 3. The number of nitrogens with zero attached hydrogens (tertiary/aromatic N) is 2. The van der Waals surface area contributed by atoms with E-state index in [4.69, 9.17) is 5.11 Å². The quantitative estimate of drug-likeness (QED) is 0.718. The van der Waals surface area contributed by atoms with Gasteiger partial charge in [0, 0.05) is 19.3 Å². The molecule has 2 N–H and O–H groups in total. The van der Waals surface area contributed by atoms with Gasteiger partial charge in [0.25, 0.3) is 0 Å².